The number of aromatic carboxylic acids is 1. The summed E-state index contributed by atoms with van der Waals surface area (Å²) in [5, 5.41) is 10.4. The lowest BCUT2D eigenvalue weighted by molar-refractivity contribution is 0.0702. The predicted octanol–water partition coefficient (Wildman–Crippen LogP) is 2.57. The molecule has 1 aromatic heterocycles. The fourth-order valence-electron chi connectivity index (χ4n) is 0.654. The topological polar surface area (TPSA) is 37.3 Å². The second-order valence-electron chi connectivity index (χ2n) is 2.05. The number of rotatable bonds is 1. The van der Waals surface area contributed by atoms with Crippen LogP contribution in [0.25, 0.3) is 0 Å². The number of carbonyl (C=O) groups is 1. The molecule has 0 amide bonds. The number of hydrogen-bond acceptors (Lipinski definition) is 2. The van der Waals surface area contributed by atoms with Crippen molar-refractivity contribution in [1.29, 1.82) is 0 Å². The molecule has 3 heteroatoms. The van der Waals surface area contributed by atoms with Gasteiger partial charge in [-0.25, -0.2) is 4.79 Å². The average Bonchev–Trinajstić information content (AvgIpc) is 2.15. The third-order valence-electron chi connectivity index (χ3n) is 1.18. The molecular formula is C9H8O2S. The van der Waals surface area contributed by atoms with Crippen molar-refractivity contribution in [3.05, 3.63) is 46.7 Å². The SMILES string of the molecule is O=C(O)c1cccccccs1. The van der Waals surface area contributed by atoms with Crippen molar-refractivity contribution in [1.82, 2.24) is 0 Å². The van der Waals surface area contributed by atoms with E-state index < -0.39 is 5.97 Å². The van der Waals surface area contributed by atoms with Gasteiger partial charge in [0.05, 0.1) is 0 Å². The second-order valence-corrected chi connectivity index (χ2v) is 3.00. The minimum Gasteiger partial charge on any atom is -0.477 e. The van der Waals surface area contributed by atoms with Crippen LogP contribution in [0, 0.1) is 0 Å². The standard InChI is InChI=1S/C9H8O2S/c10-9(11)8-6-4-2-1-3-5-7-12-8/h1-7H,(H,10,11). The van der Waals surface area contributed by atoms with Gasteiger partial charge in [0, 0.05) is 0 Å². The van der Waals surface area contributed by atoms with Crippen LogP contribution in [-0.4, -0.2) is 11.1 Å². The van der Waals surface area contributed by atoms with Crippen molar-refractivity contribution in [2.75, 3.05) is 0 Å². The van der Waals surface area contributed by atoms with Gasteiger partial charge in [-0.1, -0.05) is 30.3 Å². The van der Waals surface area contributed by atoms with Crippen LogP contribution in [0.4, 0.5) is 0 Å². The molecule has 0 aromatic carbocycles. The van der Waals surface area contributed by atoms with E-state index in [-0.39, 0.29) is 0 Å². The van der Waals surface area contributed by atoms with Gasteiger partial charge in [0.2, 0.25) is 0 Å². The van der Waals surface area contributed by atoms with Gasteiger partial charge in [0.1, 0.15) is 4.88 Å². The van der Waals surface area contributed by atoms with E-state index in [1.54, 1.807) is 29.6 Å². The molecule has 0 saturated carbocycles. The van der Waals surface area contributed by atoms with Crippen molar-refractivity contribution in [2.45, 2.75) is 0 Å². The Labute approximate surface area is 74.4 Å². The molecule has 0 radical (unpaired) electrons. The van der Waals surface area contributed by atoms with Crippen LogP contribution >= 0.6 is 11.3 Å². The Kier molecular flexibility index (Phi) is 3.29. The van der Waals surface area contributed by atoms with Crippen LogP contribution in [0.2, 0.25) is 0 Å². The van der Waals surface area contributed by atoms with Crippen LogP contribution in [-0.2, 0) is 0 Å². The zero-order chi connectivity index (χ0) is 8.81. The smallest absolute Gasteiger partial charge is 0.345 e. The molecule has 0 spiro atoms. The first-order chi connectivity index (χ1) is 5.80. The van der Waals surface area contributed by atoms with Crippen LogP contribution < -0.4 is 0 Å². The summed E-state index contributed by atoms with van der Waals surface area (Å²) in [6, 6.07) is 10.6. The van der Waals surface area contributed by atoms with Gasteiger partial charge in [0.25, 0.3) is 0 Å². The molecule has 12 heavy (non-hydrogen) atoms. The number of carboxylic acid groups (broad SMARTS) is 1. The highest BCUT2D eigenvalue weighted by molar-refractivity contribution is 7.11. The second kappa shape index (κ2) is 4.51. The minimum absolute atomic E-state index is 0.325. The molecule has 1 N–H and O–H groups in total. The maximum absolute atomic E-state index is 10.6. The summed E-state index contributed by atoms with van der Waals surface area (Å²) in [5.41, 5.74) is 0. The Morgan fingerprint density at radius 1 is 1.17 bits per heavy atom. The number of hydrogen-bond donors (Lipinski definition) is 1. The maximum atomic E-state index is 10.6. The highest BCUT2D eigenvalue weighted by Crippen LogP contribution is 2.02. The molecule has 1 aromatic rings. The molecule has 0 aliphatic carbocycles. The van der Waals surface area contributed by atoms with Gasteiger partial charge in [-0.05, 0) is 11.4 Å². The summed E-state index contributed by atoms with van der Waals surface area (Å²) in [6.45, 7) is 0. The Bertz CT molecular complexity index is 292. The van der Waals surface area contributed by atoms with E-state index in [9.17, 15) is 4.79 Å². The maximum Gasteiger partial charge on any atom is 0.345 e. The lowest BCUT2D eigenvalue weighted by atomic mass is 10.4. The van der Waals surface area contributed by atoms with E-state index in [0.717, 1.165) is 0 Å². The van der Waals surface area contributed by atoms with Crippen LogP contribution in [0.15, 0.2) is 41.8 Å². The Morgan fingerprint density at radius 2 is 1.83 bits per heavy atom. The van der Waals surface area contributed by atoms with E-state index in [4.69, 9.17) is 5.11 Å². The third kappa shape index (κ3) is 2.72. The fraction of sp³-hybridized carbons (Fsp3) is 0. The Balaban J connectivity index is 3.19. The van der Waals surface area contributed by atoms with Crippen molar-refractivity contribution >= 4 is 17.3 Å². The predicted molar refractivity (Wildman–Crippen MR) is 48.9 cm³/mol. The summed E-state index contributed by atoms with van der Waals surface area (Å²) in [6.07, 6.45) is 0. The van der Waals surface area contributed by atoms with Crippen LogP contribution in [0.1, 0.15) is 9.67 Å². The lowest BCUT2D eigenvalue weighted by Gasteiger charge is -1.83. The molecule has 0 atom stereocenters. The fourth-order valence-corrected chi connectivity index (χ4v) is 1.23. The molecule has 62 valence electrons. The largest absolute Gasteiger partial charge is 0.477 e. The van der Waals surface area contributed by atoms with Crippen molar-refractivity contribution in [3.8, 4) is 0 Å². The quantitative estimate of drug-likeness (QED) is 0.721. The van der Waals surface area contributed by atoms with Crippen molar-refractivity contribution < 1.29 is 9.90 Å². The van der Waals surface area contributed by atoms with Crippen LogP contribution in [0.5, 0.6) is 0 Å². The van der Waals surface area contributed by atoms with Crippen molar-refractivity contribution in [2.24, 2.45) is 0 Å². The van der Waals surface area contributed by atoms with E-state index in [0.29, 0.717) is 4.88 Å². The highest BCUT2D eigenvalue weighted by Gasteiger charge is 1.97. The molecule has 0 aliphatic rings. The monoisotopic (exact) mass is 180 g/mol. The summed E-state index contributed by atoms with van der Waals surface area (Å²) < 4.78 is 0. The molecule has 0 bridgehead atoms. The first-order valence-electron chi connectivity index (χ1n) is 3.41. The van der Waals surface area contributed by atoms with Gasteiger partial charge in [-0.15, -0.1) is 11.3 Å². The lowest BCUT2D eigenvalue weighted by Crippen LogP contribution is -1.90. The highest BCUT2D eigenvalue weighted by atomic mass is 32.1. The van der Waals surface area contributed by atoms with E-state index >= 15 is 0 Å². The van der Waals surface area contributed by atoms with Crippen LogP contribution in [0.3, 0.4) is 0 Å². The zero-order valence-electron chi connectivity index (χ0n) is 6.31. The summed E-state index contributed by atoms with van der Waals surface area (Å²) in [7, 11) is 0. The third-order valence-corrected chi connectivity index (χ3v) is 2.03. The molecule has 2 nitrogen and oxygen atoms in total. The van der Waals surface area contributed by atoms with E-state index in [1.807, 2.05) is 12.1 Å². The normalized spacial score (nSPS) is 8.67. The molecular weight excluding hydrogens is 172 g/mol. The van der Waals surface area contributed by atoms with Gasteiger partial charge in [-0.3, -0.25) is 0 Å². The zero-order valence-corrected chi connectivity index (χ0v) is 7.12. The van der Waals surface area contributed by atoms with E-state index in [1.165, 1.54) is 11.3 Å². The first kappa shape index (κ1) is 8.74. The molecule has 1 rings (SSSR count). The molecule has 0 fully saturated rings. The molecule has 0 saturated heterocycles. The van der Waals surface area contributed by atoms with Crippen molar-refractivity contribution in [3.63, 3.8) is 0 Å². The summed E-state index contributed by atoms with van der Waals surface area (Å²) >= 11 is 1.20. The summed E-state index contributed by atoms with van der Waals surface area (Å²) in [4.78, 5) is 10.9. The van der Waals surface area contributed by atoms with Gasteiger partial charge < -0.3 is 5.11 Å². The summed E-state index contributed by atoms with van der Waals surface area (Å²) in [5.74, 6) is -0.892. The Morgan fingerprint density at radius 3 is 2.58 bits per heavy atom. The first-order valence-corrected chi connectivity index (χ1v) is 4.29. The van der Waals surface area contributed by atoms with Gasteiger partial charge in [-0.2, -0.15) is 0 Å². The minimum atomic E-state index is -0.892. The van der Waals surface area contributed by atoms with Gasteiger partial charge in [0.15, 0.2) is 0 Å². The molecule has 0 unspecified atom stereocenters. The van der Waals surface area contributed by atoms with Gasteiger partial charge >= 0.3 is 5.97 Å². The Hall–Kier alpha value is -1.35. The molecule has 1 heterocycles. The average molecular weight is 180 g/mol. The molecule has 0 aliphatic heterocycles. The number of carboxylic acids is 1. The van der Waals surface area contributed by atoms with E-state index in [2.05, 4.69) is 0 Å².